The normalized spacial score (nSPS) is 16.5. The summed E-state index contributed by atoms with van der Waals surface area (Å²) >= 11 is 5.65. The van der Waals surface area contributed by atoms with Gasteiger partial charge in [-0.15, -0.1) is 0 Å². The Kier molecular flexibility index (Phi) is 5.31. The second-order valence-electron chi connectivity index (χ2n) is 4.62. The molecule has 1 heterocycles. The molecule has 19 heavy (non-hydrogen) atoms. The van der Waals surface area contributed by atoms with Crippen molar-refractivity contribution in [1.82, 2.24) is 5.32 Å². The highest BCUT2D eigenvalue weighted by atomic mass is 35.5. The van der Waals surface area contributed by atoms with Crippen LogP contribution in [0.3, 0.4) is 0 Å². The van der Waals surface area contributed by atoms with Gasteiger partial charge in [0.25, 0.3) is 0 Å². The van der Waals surface area contributed by atoms with Gasteiger partial charge in [0.1, 0.15) is 5.82 Å². The highest BCUT2D eigenvalue weighted by Crippen LogP contribution is 2.16. The van der Waals surface area contributed by atoms with Crippen molar-refractivity contribution in [2.75, 3.05) is 19.7 Å². The summed E-state index contributed by atoms with van der Waals surface area (Å²) in [4.78, 5) is 11.8. The van der Waals surface area contributed by atoms with E-state index < -0.39 is 5.82 Å². The monoisotopic (exact) mass is 285 g/mol. The molecule has 104 valence electrons. The van der Waals surface area contributed by atoms with Crippen LogP contribution in [0.5, 0.6) is 0 Å². The maximum Gasteiger partial charge on any atom is 0.168 e. The van der Waals surface area contributed by atoms with E-state index in [0.717, 1.165) is 32.0 Å². The first-order valence-electron chi connectivity index (χ1n) is 6.47. The Balaban J connectivity index is 1.80. The molecule has 5 heteroatoms. The number of Topliss-reactive ketones (excluding diaryl/α,β-unsaturated/α-hetero) is 1. The number of ether oxygens (including phenoxy) is 1. The fourth-order valence-corrected chi connectivity index (χ4v) is 2.29. The van der Waals surface area contributed by atoms with Gasteiger partial charge >= 0.3 is 0 Å². The third-order valence-corrected chi connectivity index (χ3v) is 3.44. The van der Waals surface area contributed by atoms with Crippen molar-refractivity contribution in [3.05, 3.63) is 34.6 Å². The van der Waals surface area contributed by atoms with E-state index in [1.807, 2.05) is 0 Å². The van der Waals surface area contributed by atoms with Crippen LogP contribution in [-0.2, 0) is 4.74 Å². The maximum atomic E-state index is 13.5. The minimum atomic E-state index is -0.570. The SMILES string of the molecule is O=C(CCOC1CCNCC1)c1ccc(Cl)cc1F. The summed E-state index contributed by atoms with van der Waals surface area (Å²) in [5.41, 5.74) is 0.0818. The van der Waals surface area contributed by atoms with Gasteiger partial charge in [0.2, 0.25) is 0 Å². The van der Waals surface area contributed by atoms with Crippen LogP contribution in [0.15, 0.2) is 18.2 Å². The van der Waals surface area contributed by atoms with Crippen LogP contribution in [0, 0.1) is 5.82 Å². The zero-order valence-corrected chi connectivity index (χ0v) is 11.4. The minimum Gasteiger partial charge on any atom is -0.378 e. The Morgan fingerprint density at radius 3 is 2.84 bits per heavy atom. The van der Waals surface area contributed by atoms with Gasteiger partial charge in [0.05, 0.1) is 18.3 Å². The van der Waals surface area contributed by atoms with Crippen LogP contribution in [-0.4, -0.2) is 31.6 Å². The first kappa shape index (κ1) is 14.4. The maximum absolute atomic E-state index is 13.5. The highest BCUT2D eigenvalue weighted by Gasteiger charge is 2.15. The fourth-order valence-electron chi connectivity index (χ4n) is 2.13. The molecule has 1 saturated heterocycles. The standard InChI is InChI=1S/C14H17ClFNO2/c15-10-1-2-12(13(16)9-10)14(18)5-8-19-11-3-6-17-7-4-11/h1-2,9,11,17H,3-8H2. The highest BCUT2D eigenvalue weighted by molar-refractivity contribution is 6.30. The molecule has 1 aliphatic heterocycles. The second-order valence-corrected chi connectivity index (χ2v) is 5.05. The summed E-state index contributed by atoms with van der Waals surface area (Å²) < 4.78 is 19.2. The number of nitrogens with one attached hydrogen (secondary N) is 1. The number of carbonyl (C=O) groups is 1. The molecule has 2 rings (SSSR count). The van der Waals surface area contributed by atoms with E-state index in [2.05, 4.69) is 5.32 Å². The summed E-state index contributed by atoms with van der Waals surface area (Å²) in [6, 6.07) is 4.10. The number of benzene rings is 1. The lowest BCUT2D eigenvalue weighted by atomic mass is 10.1. The molecule has 1 aromatic carbocycles. The number of hydrogen-bond acceptors (Lipinski definition) is 3. The molecule has 0 saturated carbocycles. The molecular formula is C14H17ClFNO2. The Morgan fingerprint density at radius 1 is 1.42 bits per heavy atom. The summed E-state index contributed by atoms with van der Waals surface area (Å²) in [5, 5.41) is 3.54. The number of ketones is 1. The first-order valence-corrected chi connectivity index (χ1v) is 6.85. The van der Waals surface area contributed by atoms with Crippen molar-refractivity contribution < 1.29 is 13.9 Å². The van der Waals surface area contributed by atoms with Crippen molar-refractivity contribution in [2.45, 2.75) is 25.4 Å². The molecule has 0 spiro atoms. The van der Waals surface area contributed by atoms with Gasteiger partial charge < -0.3 is 10.1 Å². The van der Waals surface area contributed by atoms with Crippen molar-refractivity contribution in [3.63, 3.8) is 0 Å². The molecule has 0 aromatic heterocycles. The summed E-state index contributed by atoms with van der Waals surface area (Å²) in [7, 11) is 0. The van der Waals surface area contributed by atoms with Gasteiger partial charge in [-0.2, -0.15) is 0 Å². The predicted octanol–water partition coefficient (Wildman–Crippen LogP) is 2.82. The molecule has 0 bridgehead atoms. The third-order valence-electron chi connectivity index (χ3n) is 3.20. The van der Waals surface area contributed by atoms with Crippen molar-refractivity contribution in [1.29, 1.82) is 0 Å². The molecule has 0 amide bonds. The van der Waals surface area contributed by atoms with Crippen molar-refractivity contribution >= 4 is 17.4 Å². The molecule has 0 atom stereocenters. The second kappa shape index (κ2) is 6.98. The smallest absolute Gasteiger partial charge is 0.168 e. The van der Waals surface area contributed by atoms with Gasteiger partial charge in [0, 0.05) is 11.4 Å². The van der Waals surface area contributed by atoms with Crippen LogP contribution in [0.2, 0.25) is 5.02 Å². The van der Waals surface area contributed by atoms with Crippen LogP contribution < -0.4 is 5.32 Å². The lowest BCUT2D eigenvalue weighted by Gasteiger charge is -2.22. The number of hydrogen-bond donors (Lipinski definition) is 1. The molecule has 1 fully saturated rings. The Morgan fingerprint density at radius 2 is 2.16 bits per heavy atom. The quantitative estimate of drug-likeness (QED) is 0.846. The molecular weight excluding hydrogens is 269 g/mol. The Hall–Kier alpha value is -0.970. The van der Waals surface area contributed by atoms with Gasteiger partial charge in [-0.3, -0.25) is 4.79 Å². The van der Waals surface area contributed by atoms with E-state index in [1.54, 1.807) is 0 Å². The van der Waals surface area contributed by atoms with Crippen molar-refractivity contribution in [3.8, 4) is 0 Å². The van der Waals surface area contributed by atoms with Crippen molar-refractivity contribution in [2.24, 2.45) is 0 Å². The minimum absolute atomic E-state index is 0.0818. The summed E-state index contributed by atoms with van der Waals surface area (Å²) in [6.07, 6.45) is 2.33. The lowest BCUT2D eigenvalue weighted by molar-refractivity contribution is 0.0313. The average Bonchev–Trinajstić information content (AvgIpc) is 2.39. The zero-order chi connectivity index (χ0) is 13.7. The average molecular weight is 286 g/mol. The first-order chi connectivity index (χ1) is 9.16. The molecule has 0 unspecified atom stereocenters. The predicted molar refractivity (Wildman–Crippen MR) is 72.2 cm³/mol. The van der Waals surface area contributed by atoms with E-state index in [-0.39, 0.29) is 23.9 Å². The number of rotatable bonds is 5. The van der Waals surface area contributed by atoms with Gasteiger partial charge in [-0.05, 0) is 44.1 Å². The lowest BCUT2D eigenvalue weighted by Crippen LogP contribution is -2.32. The topological polar surface area (TPSA) is 38.3 Å². The Bertz CT molecular complexity index is 447. The summed E-state index contributed by atoms with van der Waals surface area (Å²) in [5.74, 6) is -0.817. The number of carbonyl (C=O) groups excluding carboxylic acids is 1. The zero-order valence-electron chi connectivity index (χ0n) is 10.6. The van der Waals surface area contributed by atoms with E-state index in [4.69, 9.17) is 16.3 Å². The van der Waals surface area contributed by atoms with Crippen LogP contribution in [0.25, 0.3) is 0 Å². The van der Waals surface area contributed by atoms with Crippen LogP contribution in [0.1, 0.15) is 29.6 Å². The molecule has 1 aliphatic rings. The molecule has 1 aromatic rings. The third kappa shape index (κ3) is 4.27. The van der Waals surface area contributed by atoms with Gasteiger partial charge in [-0.25, -0.2) is 4.39 Å². The summed E-state index contributed by atoms with van der Waals surface area (Å²) in [6.45, 7) is 2.24. The van der Waals surface area contributed by atoms with Crippen LogP contribution >= 0.6 is 11.6 Å². The van der Waals surface area contributed by atoms with E-state index in [0.29, 0.717) is 11.6 Å². The van der Waals surface area contributed by atoms with Gasteiger partial charge in [0.15, 0.2) is 5.78 Å². The molecule has 0 radical (unpaired) electrons. The molecule has 0 aliphatic carbocycles. The van der Waals surface area contributed by atoms with E-state index >= 15 is 0 Å². The molecule has 3 nitrogen and oxygen atoms in total. The number of piperidine rings is 1. The fraction of sp³-hybridized carbons (Fsp3) is 0.500. The van der Waals surface area contributed by atoms with Crippen LogP contribution in [0.4, 0.5) is 4.39 Å². The Labute approximate surface area is 117 Å². The van der Waals surface area contributed by atoms with E-state index in [1.165, 1.54) is 12.1 Å². The van der Waals surface area contributed by atoms with E-state index in [9.17, 15) is 9.18 Å². The largest absolute Gasteiger partial charge is 0.378 e. The molecule has 1 N–H and O–H groups in total. The number of halogens is 2. The van der Waals surface area contributed by atoms with Gasteiger partial charge in [-0.1, -0.05) is 11.6 Å².